The summed E-state index contributed by atoms with van der Waals surface area (Å²) in [6.45, 7) is 0. The van der Waals surface area contributed by atoms with Crippen LogP contribution in [0.2, 0.25) is 0 Å². The monoisotopic (exact) mass is 460 g/mol. The summed E-state index contributed by atoms with van der Waals surface area (Å²) in [6.07, 6.45) is 1.89. The summed E-state index contributed by atoms with van der Waals surface area (Å²) in [5.74, 6) is 0.453. The molecule has 4 aromatic carbocycles. The molecular weight excluding hydrogens is 440 g/mol. The molecule has 0 spiro atoms. The molecule has 0 fully saturated rings. The van der Waals surface area contributed by atoms with E-state index in [4.69, 9.17) is 4.99 Å². The minimum absolute atomic E-state index is 0.101. The van der Waals surface area contributed by atoms with Gasteiger partial charge in [0.25, 0.3) is 0 Å². The average molecular weight is 460 g/mol. The number of phenols is 4. The number of hydrogen-bond donors (Lipinski definition) is 5. The van der Waals surface area contributed by atoms with E-state index in [1.165, 1.54) is 0 Å². The first-order chi connectivity index (χ1) is 17.0. The van der Waals surface area contributed by atoms with Crippen molar-refractivity contribution in [3.63, 3.8) is 0 Å². The van der Waals surface area contributed by atoms with E-state index >= 15 is 0 Å². The highest BCUT2D eigenvalue weighted by Gasteiger charge is 2.25. The zero-order chi connectivity index (χ0) is 24.1. The number of benzene rings is 4. The second kappa shape index (κ2) is 7.81. The molecule has 1 aromatic heterocycles. The van der Waals surface area contributed by atoms with Crippen molar-refractivity contribution in [3.8, 4) is 34.3 Å². The molecule has 5 aromatic rings. The number of H-pyrrole nitrogens is 1. The number of nitrogens with one attached hydrogen (secondary N) is 1. The smallest absolute Gasteiger partial charge is 0.124 e. The van der Waals surface area contributed by atoms with Gasteiger partial charge in [-0.05, 0) is 66.7 Å². The summed E-state index contributed by atoms with van der Waals surface area (Å²) >= 11 is 0. The summed E-state index contributed by atoms with van der Waals surface area (Å²) in [4.78, 5) is 8.23. The van der Waals surface area contributed by atoms with E-state index < -0.39 is 0 Å². The lowest BCUT2D eigenvalue weighted by atomic mass is 9.98. The number of phenolic OH excluding ortho intramolecular Hbond substituents is 4. The number of aliphatic imine (C=N–C) groups is 1. The number of aromatic nitrogens is 1. The van der Waals surface area contributed by atoms with Crippen LogP contribution in [0.3, 0.4) is 0 Å². The zero-order valence-corrected chi connectivity index (χ0v) is 18.4. The van der Waals surface area contributed by atoms with Crippen molar-refractivity contribution < 1.29 is 20.4 Å². The molecule has 0 unspecified atom stereocenters. The Labute approximate surface area is 200 Å². The first-order valence-corrected chi connectivity index (χ1v) is 11.0. The van der Waals surface area contributed by atoms with Crippen molar-refractivity contribution in [2.75, 3.05) is 0 Å². The Hall–Kier alpha value is -4.97. The van der Waals surface area contributed by atoms with Crippen LogP contribution >= 0.6 is 0 Å². The van der Waals surface area contributed by atoms with E-state index in [0.717, 1.165) is 22.0 Å². The van der Waals surface area contributed by atoms with Crippen LogP contribution in [0.4, 0.5) is 0 Å². The maximum Gasteiger partial charge on any atom is 0.124 e. The summed E-state index contributed by atoms with van der Waals surface area (Å²) < 4.78 is 0. The van der Waals surface area contributed by atoms with Crippen molar-refractivity contribution in [2.45, 2.75) is 0 Å². The molecule has 2 heterocycles. The third-order valence-electron chi connectivity index (χ3n) is 6.20. The Morgan fingerprint density at radius 3 is 2.00 bits per heavy atom. The number of aromatic amines is 1. The van der Waals surface area contributed by atoms with Crippen molar-refractivity contribution in [3.05, 3.63) is 107 Å². The summed E-state index contributed by atoms with van der Waals surface area (Å²) in [5.41, 5.74) is 5.35. The molecule has 35 heavy (non-hydrogen) atoms. The molecule has 1 aliphatic heterocycles. The van der Waals surface area contributed by atoms with Gasteiger partial charge in [0.15, 0.2) is 0 Å². The first-order valence-electron chi connectivity index (χ1n) is 11.0. The lowest BCUT2D eigenvalue weighted by molar-refractivity contribution is 0.473. The molecule has 0 saturated heterocycles. The van der Waals surface area contributed by atoms with Gasteiger partial charge in [0.1, 0.15) is 23.0 Å². The second-order valence-electron chi connectivity index (χ2n) is 8.40. The number of fused-ring (bicyclic) bond motifs is 2. The maximum atomic E-state index is 10.5. The topological polar surface area (TPSA) is 109 Å². The molecule has 0 amide bonds. The van der Waals surface area contributed by atoms with Crippen molar-refractivity contribution in [1.29, 1.82) is 0 Å². The summed E-state index contributed by atoms with van der Waals surface area (Å²) in [6, 6.07) is 24.1. The Kier molecular flexibility index (Phi) is 4.60. The quantitative estimate of drug-likeness (QED) is 0.227. The van der Waals surface area contributed by atoms with Crippen LogP contribution in [-0.2, 0) is 0 Å². The second-order valence-corrected chi connectivity index (χ2v) is 8.40. The molecule has 170 valence electrons. The van der Waals surface area contributed by atoms with Crippen LogP contribution in [0.15, 0.2) is 89.9 Å². The fourth-order valence-corrected chi connectivity index (χ4v) is 4.57. The minimum atomic E-state index is 0.101. The fourth-order valence-electron chi connectivity index (χ4n) is 4.57. The van der Waals surface area contributed by atoms with Gasteiger partial charge in [-0.1, -0.05) is 24.3 Å². The van der Waals surface area contributed by atoms with Gasteiger partial charge in [-0.2, -0.15) is 0 Å². The van der Waals surface area contributed by atoms with Crippen LogP contribution < -0.4 is 0 Å². The molecular formula is C29H20N2O4. The van der Waals surface area contributed by atoms with Gasteiger partial charge in [-0.25, -0.2) is 4.99 Å². The number of para-hydroxylation sites is 2. The summed E-state index contributed by atoms with van der Waals surface area (Å²) in [7, 11) is 0. The highest BCUT2D eigenvalue weighted by atomic mass is 16.3. The van der Waals surface area contributed by atoms with E-state index in [1.54, 1.807) is 60.7 Å². The van der Waals surface area contributed by atoms with Crippen molar-refractivity contribution >= 4 is 28.3 Å². The van der Waals surface area contributed by atoms with E-state index in [2.05, 4.69) is 4.98 Å². The molecule has 0 aliphatic carbocycles. The van der Waals surface area contributed by atoms with Crippen LogP contribution in [-0.4, -0.2) is 31.1 Å². The van der Waals surface area contributed by atoms with Crippen LogP contribution in [0.25, 0.3) is 33.8 Å². The largest absolute Gasteiger partial charge is 0.508 e. The highest BCUT2D eigenvalue weighted by molar-refractivity contribution is 6.23. The molecule has 0 radical (unpaired) electrons. The Morgan fingerprint density at radius 2 is 1.26 bits per heavy atom. The lowest BCUT2D eigenvalue weighted by Gasteiger charge is -2.06. The average Bonchev–Trinajstić information content (AvgIpc) is 3.37. The van der Waals surface area contributed by atoms with Gasteiger partial charge < -0.3 is 25.4 Å². The molecule has 6 nitrogen and oxygen atoms in total. The molecule has 6 heteroatoms. The standard InChI is InChI=1S/C29H20N2O4/c32-16-9-11-18-22(13-16)28(20-5-1-3-7-26(20)34)30-24(18)15-25-19-12-10-17(33)14-23(19)29(31-25)21-6-2-4-8-27(21)35/h1-15,30,32-35H/b25-15-. The van der Waals surface area contributed by atoms with Gasteiger partial charge >= 0.3 is 0 Å². The Bertz CT molecular complexity index is 1690. The SMILES string of the molecule is Oc1ccc2c(c1)C(c1ccccc1O)=N/C2=C\c1[nH]c(-c2ccccc2O)c2cc(O)ccc12. The van der Waals surface area contributed by atoms with Gasteiger partial charge in [-0.15, -0.1) is 0 Å². The van der Waals surface area contributed by atoms with Crippen molar-refractivity contribution in [2.24, 2.45) is 4.99 Å². The van der Waals surface area contributed by atoms with Crippen LogP contribution in [0.5, 0.6) is 23.0 Å². The lowest BCUT2D eigenvalue weighted by Crippen LogP contribution is -2.00. The normalized spacial score (nSPS) is 13.8. The van der Waals surface area contributed by atoms with E-state index in [1.807, 2.05) is 30.3 Å². The van der Waals surface area contributed by atoms with Gasteiger partial charge in [-0.3, -0.25) is 0 Å². The predicted molar refractivity (Wildman–Crippen MR) is 137 cm³/mol. The van der Waals surface area contributed by atoms with Crippen LogP contribution in [0, 0.1) is 0 Å². The highest BCUT2D eigenvalue weighted by Crippen LogP contribution is 2.40. The number of hydrogen-bond acceptors (Lipinski definition) is 5. The first kappa shape index (κ1) is 20.6. The fraction of sp³-hybridized carbons (Fsp3) is 0. The number of aromatic hydroxyl groups is 4. The zero-order valence-electron chi connectivity index (χ0n) is 18.4. The molecule has 6 rings (SSSR count). The molecule has 0 saturated carbocycles. The molecule has 0 atom stereocenters. The van der Waals surface area contributed by atoms with Crippen LogP contribution in [0.1, 0.15) is 22.4 Å². The van der Waals surface area contributed by atoms with Gasteiger partial charge in [0.2, 0.25) is 0 Å². The minimum Gasteiger partial charge on any atom is -0.508 e. The summed E-state index contributed by atoms with van der Waals surface area (Å²) in [5, 5.41) is 42.8. The number of rotatable bonds is 3. The Balaban J connectivity index is 1.59. The van der Waals surface area contributed by atoms with E-state index in [0.29, 0.717) is 33.8 Å². The molecule has 1 aliphatic rings. The van der Waals surface area contributed by atoms with Crippen molar-refractivity contribution in [1.82, 2.24) is 4.98 Å². The third-order valence-corrected chi connectivity index (χ3v) is 6.20. The predicted octanol–water partition coefficient (Wildman–Crippen LogP) is 6.01. The molecule has 0 bridgehead atoms. The molecule has 5 N–H and O–H groups in total. The van der Waals surface area contributed by atoms with Gasteiger partial charge in [0, 0.05) is 38.7 Å². The van der Waals surface area contributed by atoms with E-state index in [9.17, 15) is 20.4 Å². The van der Waals surface area contributed by atoms with E-state index in [-0.39, 0.29) is 23.0 Å². The number of nitrogens with zero attached hydrogens (tertiary/aromatic N) is 1. The maximum absolute atomic E-state index is 10.5. The van der Waals surface area contributed by atoms with Gasteiger partial charge in [0.05, 0.1) is 17.1 Å². The third kappa shape index (κ3) is 3.40. The Morgan fingerprint density at radius 1 is 0.600 bits per heavy atom.